The summed E-state index contributed by atoms with van der Waals surface area (Å²) < 4.78 is 26.1. The molecule has 0 aromatic heterocycles. The van der Waals surface area contributed by atoms with E-state index >= 15 is 0 Å². The van der Waals surface area contributed by atoms with Gasteiger partial charge in [0.25, 0.3) is 5.91 Å². The molecule has 1 aliphatic heterocycles. The Kier molecular flexibility index (Phi) is 9.97. The third-order valence-electron chi connectivity index (χ3n) is 9.39. The first-order valence-corrected chi connectivity index (χ1v) is 17.7. The molecule has 2 saturated carbocycles. The molecule has 3 fully saturated rings. The van der Waals surface area contributed by atoms with Gasteiger partial charge in [-0.25, -0.2) is 13.2 Å². The molecular weight excluding hydrogens is 610 g/mol. The standard InChI is InChI=1S/C33H49N5O7S/c1-31(2,3)22-14-17-38(24(22)28(41)35-23(18-20-12-13-20)25(39)27(34)40)29(42)26(32(4,5)6)36-30(43)37-33(15-16-33)19-46(44,45)21-10-8-7-9-11-21/h7-11,20,22-24,26H,12-19H2,1-6H3,(H2,34,40)(H,35,41)(H2,36,37,43)/t22?,23?,24-,26+/m0/s1. The molecule has 1 heterocycles. The Hall–Kier alpha value is -3.48. The number of urea groups is 1. The number of benzene rings is 1. The van der Waals surface area contributed by atoms with Gasteiger partial charge in [0.1, 0.15) is 12.1 Å². The molecule has 1 saturated heterocycles. The highest BCUT2D eigenvalue weighted by atomic mass is 32.2. The number of hydrogen-bond acceptors (Lipinski definition) is 7. The quantitative estimate of drug-likeness (QED) is 0.248. The van der Waals surface area contributed by atoms with Crippen molar-refractivity contribution in [3.8, 4) is 0 Å². The van der Waals surface area contributed by atoms with E-state index in [1.165, 1.54) is 17.0 Å². The molecule has 3 aliphatic rings. The van der Waals surface area contributed by atoms with Gasteiger partial charge in [0.2, 0.25) is 17.6 Å². The van der Waals surface area contributed by atoms with Crippen molar-refractivity contribution in [2.24, 2.45) is 28.4 Å². The van der Waals surface area contributed by atoms with Crippen LogP contribution >= 0.6 is 0 Å². The second-order valence-corrected chi connectivity index (χ2v) is 17.4. The molecule has 1 aromatic rings. The Morgan fingerprint density at radius 3 is 2.07 bits per heavy atom. The number of carbonyl (C=O) groups is 5. The number of Topliss-reactive ketones (excluding diaryl/α,β-unsaturated/α-hetero) is 1. The predicted molar refractivity (Wildman–Crippen MR) is 172 cm³/mol. The zero-order chi connectivity index (χ0) is 34.2. The van der Waals surface area contributed by atoms with Gasteiger partial charge in [-0.05, 0) is 60.5 Å². The number of ketones is 1. The number of hydrogen-bond donors (Lipinski definition) is 4. The number of nitrogens with two attached hydrogens (primary N) is 1. The normalized spacial score (nSPS) is 22.3. The average Bonchev–Trinajstić information content (AvgIpc) is 3.87. The van der Waals surface area contributed by atoms with E-state index in [4.69, 9.17) is 5.73 Å². The molecule has 1 aromatic carbocycles. The van der Waals surface area contributed by atoms with Crippen LogP contribution in [0.4, 0.5) is 4.79 Å². The van der Waals surface area contributed by atoms with E-state index in [1.807, 2.05) is 20.8 Å². The Balaban J connectivity index is 1.53. The van der Waals surface area contributed by atoms with Crippen molar-refractivity contribution in [3.05, 3.63) is 30.3 Å². The van der Waals surface area contributed by atoms with E-state index in [0.29, 0.717) is 25.7 Å². The van der Waals surface area contributed by atoms with Gasteiger partial charge in [0.05, 0.1) is 22.2 Å². The van der Waals surface area contributed by atoms with Gasteiger partial charge in [-0.3, -0.25) is 19.2 Å². The first-order valence-electron chi connectivity index (χ1n) is 16.1. The number of likely N-dealkylation sites (tertiary alicyclic amines) is 1. The predicted octanol–water partition coefficient (Wildman–Crippen LogP) is 2.31. The van der Waals surface area contributed by atoms with Crippen molar-refractivity contribution in [2.75, 3.05) is 12.3 Å². The molecule has 0 bridgehead atoms. The van der Waals surface area contributed by atoms with E-state index in [9.17, 15) is 32.4 Å². The largest absolute Gasteiger partial charge is 0.363 e. The summed E-state index contributed by atoms with van der Waals surface area (Å²) in [5.41, 5.74) is 3.19. The van der Waals surface area contributed by atoms with Crippen molar-refractivity contribution in [1.29, 1.82) is 0 Å². The van der Waals surface area contributed by atoms with Crippen LogP contribution in [0.5, 0.6) is 0 Å². The molecule has 2 aliphatic carbocycles. The number of rotatable bonds is 12. The minimum absolute atomic E-state index is 0.176. The Bertz CT molecular complexity index is 1460. The van der Waals surface area contributed by atoms with Crippen LogP contribution in [0, 0.1) is 22.7 Å². The minimum Gasteiger partial charge on any atom is -0.363 e. The second-order valence-electron chi connectivity index (χ2n) is 15.5. The fraction of sp³-hybridized carbons (Fsp3) is 0.667. The number of amides is 5. The minimum atomic E-state index is -3.66. The topological polar surface area (TPSA) is 185 Å². The van der Waals surface area contributed by atoms with Gasteiger partial charge < -0.3 is 26.6 Å². The summed E-state index contributed by atoms with van der Waals surface area (Å²) in [5, 5.41) is 8.37. The van der Waals surface area contributed by atoms with Crippen LogP contribution in [-0.2, 0) is 29.0 Å². The zero-order valence-corrected chi connectivity index (χ0v) is 28.5. The molecule has 5 amide bonds. The first kappa shape index (κ1) is 35.4. The van der Waals surface area contributed by atoms with E-state index in [1.54, 1.807) is 39.0 Å². The van der Waals surface area contributed by atoms with Gasteiger partial charge in [-0.1, -0.05) is 72.6 Å². The molecule has 0 radical (unpaired) electrons. The van der Waals surface area contributed by atoms with Crippen molar-refractivity contribution < 1.29 is 32.4 Å². The number of primary amides is 1. The maximum atomic E-state index is 14.3. The maximum Gasteiger partial charge on any atom is 0.315 e. The lowest BCUT2D eigenvalue weighted by molar-refractivity contribution is -0.145. The van der Waals surface area contributed by atoms with Crippen molar-refractivity contribution in [2.45, 2.75) is 109 Å². The fourth-order valence-corrected chi connectivity index (χ4v) is 8.20. The smallest absolute Gasteiger partial charge is 0.315 e. The first-order chi connectivity index (χ1) is 21.2. The highest BCUT2D eigenvalue weighted by Gasteiger charge is 2.52. The van der Waals surface area contributed by atoms with E-state index in [-0.39, 0.29) is 34.4 Å². The third kappa shape index (κ3) is 8.45. The van der Waals surface area contributed by atoms with E-state index < -0.39 is 68.5 Å². The summed E-state index contributed by atoms with van der Waals surface area (Å²) in [5.74, 6) is -3.29. The summed E-state index contributed by atoms with van der Waals surface area (Å²) in [6.45, 7) is 11.6. The van der Waals surface area contributed by atoms with Crippen molar-refractivity contribution >= 4 is 39.4 Å². The van der Waals surface area contributed by atoms with Crippen LogP contribution < -0.4 is 21.7 Å². The number of nitrogens with zero attached hydrogens (tertiary/aromatic N) is 1. The zero-order valence-electron chi connectivity index (χ0n) is 27.7. The second kappa shape index (κ2) is 13.0. The van der Waals surface area contributed by atoms with Gasteiger partial charge >= 0.3 is 6.03 Å². The molecule has 13 heteroatoms. The number of sulfone groups is 1. The van der Waals surface area contributed by atoms with E-state index in [0.717, 1.165) is 12.8 Å². The summed E-state index contributed by atoms with van der Waals surface area (Å²) in [7, 11) is -3.66. The number of nitrogens with one attached hydrogen (secondary N) is 3. The van der Waals surface area contributed by atoms with Gasteiger partial charge in [0, 0.05) is 6.54 Å². The molecule has 254 valence electrons. The van der Waals surface area contributed by atoms with Gasteiger partial charge in [0.15, 0.2) is 9.84 Å². The summed E-state index contributed by atoms with van der Waals surface area (Å²) in [6, 6.07) is 4.31. The Morgan fingerprint density at radius 1 is 0.957 bits per heavy atom. The molecule has 4 rings (SSSR count). The van der Waals surface area contributed by atoms with Crippen LogP contribution in [-0.4, -0.2) is 78.8 Å². The molecule has 4 atom stereocenters. The molecular formula is C33H49N5O7S. The molecule has 5 N–H and O–H groups in total. The highest BCUT2D eigenvalue weighted by Crippen LogP contribution is 2.41. The van der Waals surface area contributed by atoms with Gasteiger partial charge in [-0.15, -0.1) is 0 Å². The van der Waals surface area contributed by atoms with Crippen molar-refractivity contribution in [3.63, 3.8) is 0 Å². The Morgan fingerprint density at radius 2 is 1.57 bits per heavy atom. The highest BCUT2D eigenvalue weighted by molar-refractivity contribution is 7.91. The molecule has 12 nitrogen and oxygen atoms in total. The average molecular weight is 660 g/mol. The van der Waals surface area contributed by atoms with Crippen molar-refractivity contribution in [1.82, 2.24) is 20.9 Å². The summed E-state index contributed by atoms with van der Waals surface area (Å²) >= 11 is 0. The third-order valence-corrected chi connectivity index (χ3v) is 11.3. The molecule has 2 unspecified atom stereocenters. The summed E-state index contributed by atoms with van der Waals surface area (Å²) in [4.78, 5) is 67.7. The van der Waals surface area contributed by atoms with E-state index in [2.05, 4.69) is 16.0 Å². The molecule has 46 heavy (non-hydrogen) atoms. The lowest BCUT2D eigenvalue weighted by Crippen LogP contribution is -2.62. The van der Waals surface area contributed by atoms with Crippen LogP contribution in [0.2, 0.25) is 0 Å². The SMILES string of the molecule is CC(C)(C)C1CCN(C(=O)[C@@H](NC(=O)NC2(CS(=O)(=O)c3ccccc3)CC2)C(C)(C)C)[C@@H]1C(=O)NC(CC1CC1)C(=O)C(N)=O. The van der Waals surface area contributed by atoms with Crippen LogP contribution in [0.25, 0.3) is 0 Å². The maximum absolute atomic E-state index is 14.3. The monoisotopic (exact) mass is 659 g/mol. The van der Waals surface area contributed by atoms with Crippen LogP contribution in [0.15, 0.2) is 35.2 Å². The summed E-state index contributed by atoms with van der Waals surface area (Å²) in [6.07, 6.45) is 3.59. The van der Waals surface area contributed by atoms with Gasteiger partial charge in [-0.2, -0.15) is 0 Å². The van der Waals surface area contributed by atoms with Crippen LogP contribution in [0.1, 0.15) is 80.1 Å². The van der Waals surface area contributed by atoms with Crippen LogP contribution in [0.3, 0.4) is 0 Å². The lowest BCUT2D eigenvalue weighted by atomic mass is 9.75. The Labute approximate surface area is 271 Å². The fourth-order valence-electron chi connectivity index (χ4n) is 6.37. The lowest BCUT2D eigenvalue weighted by Gasteiger charge is -2.39. The molecule has 0 spiro atoms. The number of carbonyl (C=O) groups excluding carboxylic acids is 5.